The fraction of sp³-hybridized carbons (Fsp3) is 0.900. The molecule has 1 amide bonds. The van der Waals surface area contributed by atoms with Gasteiger partial charge in [-0.3, -0.25) is 10.0 Å². The van der Waals surface area contributed by atoms with Crippen LogP contribution in [0.4, 0.5) is 0 Å². The van der Waals surface area contributed by atoms with E-state index in [0.717, 1.165) is 25.6 Å². The molecule has 0 bridgehead atoms. The normalized spacial score (nSPS) is 25.8. The molecule has 2 atom stereocenters. The average molecular weight is 200 g/mol. The molecule has 1 heterocycles. The second-order valence-electron chi connectivity index (χ2n) is 4.38. The summed E-state index contributed by atoms with van der Waals surface area (Å²) >= 11 is 0. The van der Waals surface area contributed by atoms with Gasteiger partial charge in [0, 0.05) is 19.0 Å². The number of likely N-dealkylation sites (tertiary alicyclic amines) is 1. The van der Waals surface area contributed by atoms with Crippen molar-refractivity contribution < 1.29 is 10.0 Å². The smallest absolute Gasteiger partial charge is 0.247 e. The minimum absolute atomic E-state index is 0.134. The molecule has 0 aromatic rings. The third kappa shape index (κ3) is 3.27. The first-order valence-electron chi connectivity index (χ1n) is 5.29. The van der Waals surface area contributed by atoms with Gasteiger partial charge in [0.2, 0.25) is 5.91 Å². The Hall–Kier alpha value is -0.610. The van der Waals surface area contributed by atoms with Gasteiger partial charge in [0.1, 0.15) is 0 Å². The topological polar surface area (TPSA) is 52.6 Å². The molecule has 0 aromatic carbocycles. The lowest BCUT2D eigenvalue weighted by molar-refractivity contribution is -0.133. The minimum atomic E-state index is -0.289. The summed E-state index contributed by atoms with van der Waals surface area (Å²) in [6, 6.07) is 0. The highest BCUT2D eigenvalue weighted by atomic mass is 16.5. The molecular weight excluding hydrogens is 180 g/mol. The number of rotatable bonds is 3. The molecular formula is C10H20N2O2. The van der Waals surface area contributed by atoms with Gasteiger partial charge in [-0.05, 0) is 25.3 Å². The maximum atomic E-state index is 11.1. The van der Waals surface area contributed by atoms with E-state index in [1.807, 2.05) is 6.92 Å². The lowest BCUT2D eigenvalue weighted by atomic mass is 9.99. The molecule has 1 fully saturated rings. The summed E-state index contributed by atoms with van der Waals surface area (Å²) in [7, 11) is 0. The standard InChI is InChI=1S/C10H20N2O2/c1-8-4-3-5-12(6-8)7-9(2)10(13)11-14/h8-9,14H,3-7H2,1-2H3,(H,11,13). The highest BCUT2D eigenvalue weighted by molar-refractivity contribution is 5.77. The molecule has 14 heavy (non-hydrogen) atoms. The van der Waals surface area contributed by atoms with Crippen LogP contribution in [0.25, 0.3) is 0 Å². The minimum Gasteiger partial charge on any atom is -0.302 e. The second-order valence-corrected chi connectivity index (χ2v) is 4.38. The lowest BCUT2D eigenvalue weighted by Crippen LogP contribution is -2.41. The molecule has 0 spiro atoms. The molecule has 0 aliphatic carbocycles. The quantitative estimate of drug-likeness (QED) is 0.525. The second kappa shape index (κ2) is 5.32. The number of amides is 1. The van der Waals surface area contributed by atoms with Gasteiger partial charge in [0.05, 0.1) is 0 Å². The molecule has 0 radical (unpaired) electrons. The van der Waals surface area contributed by atoms with Crippen molar-refractivity contribution in [3.63, 3.8) is 0 Å². The van der Waals surface area contributed by atoms with Gasteiger partial charge in [-0.15, -0.1) is 0 Å². The van der Waals surface area contributed by atoms with Crippen molar-refractivity contribution in [2.24, 2.45) is 11.8 Å². The van der Waals surface area contributed by atoms with Crippen molar-refractivity contribution in [2.75, 3.05) is 19.6 Å². The Morgan fingerprint density at radius 3 is 3.00 bits per heavy atom. The molecule has 2 N–H and O–H groups in total. The van der Waals surface area contributed by atoms with Gasteiger partial charge >= 0.3 is 0 Å². The zero-order chi connectivity index (χ0) is 10.6. The third-order valence-electron chi connectivity index (χ3n) is 2.83. The zero-order valence-electron chi connectivity index (χ0n) is 8.99. The zero-order valence-corrected chi connectivity index (χ0v) is 8.99. The van der Waals surface area contributed by atoms with E-state index in [4.69, 9.17) is 5.21 Å². The van der Waals surface area contributed by atoms with Crippen molar-refractivity contribution in [3.8, 4) is 0 Å². The van der Waals surface area contributed by atoms with Gasteiger partial charge in [-0.1, -0.05) is 13.8 Å². The fourth-order valence-corrected chi connectivity index (χ4v) is 2.03. The summed E-state index contributed by atoms with van der Waals surface area (Å²) in [5.74, 6) is 0.307. The molecule has 1 aliphatic rings. The molecule has 4 nitrogen and oxygen atoms in total. The number of piperidine rings is 1. The van der Waals surface area contributed by atoms with Crippen LogP contribution in [0.2, 0.25) is 0 Å². The number of nitrogens with zero attached hydrogens (tertiary/aromatic N) is 1. The van der Waals surface area contributed by atoms with Crippen LogP contribution in [-0.2, 0) is 4.79 Å². The Morgan fingerprint density at radius 2 is 2.43 bits per heavy atom. The Kier molecular flexibility index (Phi) is 4.35. The van der Waals surface area contributed by atoms with Crippen LogP contribution in [-0.4, -0.2) is 35.6 Å². The Morgan fingerprint density at radius 1 is 1.71 bits per heavy atom. The van der Waals surface area contributed by atoms with Crippen LogP contribution in [0.5, 0.6) is 0 Å². The molecule has 0 aromatic heterocycles. The van der Waals surface area contributed by atoms with Crippen LogP contribution in [0.15, 0.2) is 0 Å². The number of carbonyl (C=O) groups excluding carboxylic acids is 1. The van der Waals surface area contributed by atoms with Crippen LogP contribution >= 0.6 is 0 Å². The van der Waals surface area contributed by atoms with Crippen LogP contribution in [0.3, 0.4) is 0 Å². The molecule has 82 valence electrons. The molecule has 1 saturated heterocycles. The van der Waals surface area contributed by atoms with E-state index in [1.54, 1.807) is 5.48 Å². The maximum Gasteiger partial charge on any atom is 0.247 e. The number of hydroxylamine groups is 1. The molecule has 0 saturated carbocycles. The van der Waals surface area contributed by atoms with Gasteiger partial charge in [-0.25, -0.2) is 5.48 Å². The predicted molar refractivity (Wildman–Crippen MR) is 53.9 cm³/mol. The van der Waals surface area contributed by atoms with Crippen LogP contribution in [0.1, 0.15) is 26.7 Å². The third-order valence-corrected chi connectivity index (χ3v) is 2.83. The van der Waals surface area contributed by atoms with Gasteiger partial charge in [0.25, 0.3) is 0 Å². The average Bonchev–Trinajstić information content (AvgIpc) is 2.16. The Balaban J connectivity index is 2.32. The lowest BCUT2D eigenvalue weighted by Gasteiger charge is -2.32. The Bertz CT molecular complexity index is 197. The number of nitrogens with one attached hydrogen (secondary N) is 1. The highest BCUT2D eigenvalue weighted by Crippen LogP contribution is 2.16. The van der Waals surface area contributed by atoms with Crippen molar-refractivity contribution in [1.29, 1.82) is 0 Å². The van der Waals surface area contributed by atoms with E-state index in [-0.39, 0.29) is 11.8 Å². The van der Waals surface area contributed by atoms with E-state index >= 15 is 0 Å². The molecule has 4 heteroatoms. The van der Waals surface area contributed by atoms with Gasteiger partial charge < -0.3 is 4.90 Å². The Labute approximate surface area is 85.2 Å². The number of hydrogen-bond acceptors (Lipinski definition) is 3. The van der Waals surface area contributed by atoms with E-state index in [2.05, 4.69) is 11.8 Å². The summed E-state index contributed by atoms with van der Waals surface area (Å²) in [5, 5.41) is 8.47. The molecule has 2 unspecified atom stereocenters. The van der Waals surface area contributed by atoms with Crippen LogP contribution < -0.4 is 5.48 Å². The van der Waals surface area contributed by atoms with Crippen molar-refractivity contribution >= 4 is 5.91 Å². The van der Waals surface area contributed by atoms with E-state index in [1.165, 1.54) is 12.8 Å². The first-order valence-corrected chi connectivity index (χ1v) is 5.29. The van der Waals surface area contributed by atoms with E-state index in [0.29, 0.717) is 0 Å². The predicted octanol–water partition coefficient (Wildman–Crippen LogP) is 0.860. The highest BCUT2D eigenvalue weighted by Gasteiger charge is 2.20. The van der Waals surface area contributed by atoms with E-state index < -0.39 is 0 Å². The van der Waals surface area contributed by atoms with Crippen LogP contribution in [0, 0.1) is 11.8 Å². The van der Waals surface area contributed by atoms with Crippen molar-refractivity contribution in [3.05, 3.63) is 0 Å². The maximum absolute atomic E-state index is 11.1. The van der Waals surface area contributed by atoms with E-state index in [9.17, 15) is 4.79 Å². The summed E-state index contributed by atoms with van der Waals surface area (Å²) in [6.07, 6.45) is 2.51. The first-order chi connectivity index (χ1) is 6.63. The summed E-state index contributed by atoms with van der Waals surface area (Å²) in [4.78, 5) is 13.4. The largest absolute Gasteiger partial charge is 0.302 e. The summed E-state index contributed by atoms with van der Waals surface area (Å²) < 4.78 is 0. The number of carbonyl (C=O) groups is 1. The van der Waals surface area contributed by atoms with Crippen molar-refractivity contribution in [1.82, 2.24) is 10.4 Å². The number of hydrogen-bond donors (Lipinski definition) is 2. The summed E-state index contributed by atoms with van der Waals surface area (Å²) in [5.41, 5.74) is 1.70. The van der Waals surface area contributed by atoms with Crippen molar-refractivity contribution in [2.45, 2.75) is 26.7 Å². The van der Waals surface area contributed by atoms with Gasteiger partial charge in [0.15, 0.2) is 0 Å². The summed E-state index contributed by atoms with van der Waals surface area (Å²) in [6.45, 7) is 6.97. The first kappa shape index (κ1) is 11.5. The fourth-order valence-electron chi connectivity index (χ4n) is 2.03. The SMILES string of the molecule is CC1CCCN(CC(C)C(=O)NO)C1. The molecule has 1 aliphatic heterocycles. The monoisotopic (exact) mass is 200 g/mol. The molecule has 1 rings (SSSR count). The van der Waals surface area contributed by atoms with Gasteiger partial charge in [-0.2, -0.15) is 0 Å².